The fraction of sp³-hybridized carbons (Fsp3) is 0.167. The molecule has 0 unspecified atom stereocenters. The Hall–Kier alpha value is -0.700. The third kappa shape index (κ3) is 0.452. The molecule has 0 N–H and O–H groups in total. The number of amides is 1. The summed E-state index contributed by atoms with van der Waals surface area (Å²) in [4.78, 5) is 12.5. The average Bonchev–Trinajstić information content (AvgIpc) is 2.30. The summed E-state index contributed by atoms with van der Waals surface area (Å²) in [6, 6.07) is 0. The largest absolute Gasteiger partial charge is 0.298 e. The average molecular weight is 139 g/mol. The normalized spacial score (nSPS) is 30.7. The van der Waals surface area contributed by atoms with Gasteiger partial charge in [-0.3, -0.25) is 9.69 Å². The van der Waals surface area contributed by atoms with Gasteiger partial charge in [-0.25, -0.2) is 0 Å². The van der Waals surface area contributed by atoms with Gasteiger partial charge in [0, 0.05) is 11.8 Å². The van der Waals surface area contributed by atoms with Crippen LogP contribution in [-0.4, -0.2) is 16.2 Å². The fourth-order valence-corrected chi connectivity index (χ4v) is 1.86. The van der Waals surface area contributed by atoms with Crippen molar-refractivity contribution < 1.29 is 4.79 Å². The van der Waals surface area contributed by atoms with Crippen molar-refractivity contribution in [1.82, 2.24) is 4.90 Å². The second-order valence-electron chi connectivity index (χ2n) is 2.01. The Morgan fingerprint density at radius 3 is 3.22 bits per heavy atom. The smallest absolute Gasteiger partial charge is 0.257 e. The van der Waals surface area contributed by atoms with Gasteiger partial charge in [-0.15, -0.1) is 11.8 Å². The van der Waals surface area contributed by atoms with E-state index in [1.807, 2.05) is 5.41 Å². The summed E-state index contributed by atoms with van der Waals surface area (Å²) < 4.78 is 0. The number of carbonyl (C=O) groups excluding carboxylic acids is 1. The first-order valence-electron chi connectivity index (χ1n) is 2.64. The second kappa shape index (κ2) is 1.42. The molecule has 0 aromatic carbocycles. The number of hydrogen-bond donors (Lipinski definition) is 0. The highest BCUT2D eigenvalue weighted by Crippen LogP contribution is 2.38. The van der Waals surface area contributed by atoms with Crippen LogP contribution in [-0.2, 0) is 4.79 Å². The molecule has 2 aliphatic rings. The topological polar surface area (TPSA) is 20.3 Å². The van der Waals surface area contributed by atoms with Crippen LogP contribution in [0.2, 0.25) is 0 Å². The standard InChI is InChI=1S/C6H5NOS/c1-4-5(8)7-2-3-9-6(4)7/h2-3,6H,1H2/t6-/m1/s1. The molecule has 2 rings (SSSR count). The lowest BCUT2D eigenvalue weighted by Gasteiger charge is -2.34. The van der Waals surface area contributed by atoms with E-state index in [0.717, 1.165) is 5.57 Å². The first-order chi connectivity index (χ1) is 4.30. The van der Waals surface area contributed by atoms with E-state index in [1.165, 1.54) is 0 Å². The summed E-state index contributed by atoms with van der Waals surface area (Å²) in [6.07, 6.45) is 1.80. The van der Waals surface area contributed by atoms with Crippen LogP contribution in [0.5, 0.6) is 0 Å². The monoisotopic (exact) mass is 139 g/mol. The summed E-state index contributed by atoms with van der Waals surface area (Å²) in [5.41, 5.74) is 0.727. The van der Waals surface area contributed by atoms with E-state index < -0.39 is 0 Å². The Labute approximate surface area is 57.2 Å². The Bertz CT molecular complexity index is 221. The second-order valence-corrected chi connectivity index (χ2v) is 3.00. The summed E-state index contributed by atoms with van der Waals surface area (Å²) >= 11 is 1.63. The van der Waals surface area contributed by atoms with Gasteiger partial charge in [-0.1, -0.05) is 6.58 Å². The number of hydrogen-bond acceptors (Lipinski definition) is 2. The molecule has 0 saturated carbocycles. The SMILES string of the molecule is C=C1C(=O)N2C=CS[C@H]12. The van der Waals surface area contributed by atoms with Gasteiger partial charge in [-0.05, 0) is 5.41 Å². The summed E-state index contributed by atoms with van der Waals surface area (Å²) in [5.74, 6) is 0.0706. The molecule has 1 atom stereocenters. The molecule has 0 spiro atoms. The van der Waals surface area contributed by atoms with Gasteiger partial charge in [0.2, 0.25) is 0 Å². The molecule has 9 heavy (non-hydrogen) atoms. The van der Waals surface area contributed by atoms with Gasteiger partial charge in [0.15, 0.2) is 0 Å². The van der Waals surface area contributed by atoms with Crippen molar-refractivity contribution in [2.45, 2.75) is 5.37 Å². The summed E-state index contributed by atoms with van der Waals surface area (Å²) in [5, 5.41) is 2.15. The van der Waals surface area contributed by atoms with Gasteiger partial charge in [0.05, 0.1) is 0 Å². The highest BCUT2D eigenvalue weighted by Gasteiger charge is 2.41. The van der Waals surface area contributed by atoms with Crippen LogP contribution >= 0.6 is 11.8 Å². The van der Waals surface area contributed by atoms with Crippen molar-refractivity contribution in [2.75, 3.05) is 0 Å². The van der Waals surface area contributed by atoms with Crippen LogP contribution in [0, 0.1) is 0 Å². The molecule has 2 heterocycles. The Morgan fingerprint density at radius 2 is 2.56 bits per heavy atom. The van der Waals surface area contributed by atoms with E-state index in [0.29, 0.717) is 0 Å². The van der Waals surface area contributed by atoms with Crippen LogP contribution in [0.3, 0.4) is 0 Å². The Kier molecular flexibility index (Phi) is 0.805. The molecule has 1 saturated heterocycles. The molecule has 0 aromatic rings. The van der Waals surface area contributed by atoms with Gasteiger partial charge >= 0.3 is 0 Å². The number of rotatable bonds is 0. The lowest BCUT2D eigenvalue weighted by molar-refractivity contribution is -0.130. The van der Waals surface area contributed by atoms with Gasteiger partial charge < -0.3 is 0 Å². The predicted octanol–water partition coefficient (Wildman–Crippen LogP) is 0.929. The van der Waals surface area contributed by atoms with Crippen molar-refractivity contribution >= 4 is 17.7 Å². The minimum absolute atomic E-state index is 0.0706. The van der Waals surface area contributed by atoms with E-state index >= 15 is 0 Å². The minimum atomic E-state index is 0.0706. The zero-order valence-corrected chi connectivity index (χ0v) is 5.52. The van der Waals surface area contributed by atoms with Gasteiger partial charge in [0.25, 0.3) is 5.91 Å². The third-order valence-corrected chi connectivity index (χ3v) is 2.54. The van der Waals surface area contributed by atoms with Crippen LogP contribution in [0.25, 0.3) is 0 Å². The van der Waals surface area contributed by atoms with Crippen molar-refractivity contribution in [3.63, 3.8) is 0 Å². The van der Waals surface area contributed by atoms with Gasteiger partial charge in [0.1, 0.15) is 5.37 Å². The number of thioether (sulfide) groups is 1. The van der Waals surface area contributed by atoms with Crippen molar-refractivity contribution in [3.8, 4) is 0 Å². The van der Waals surface area contributed by atoms with E-state index in [9.17, 15) is 4.79 Å². The van der Waals surface area contributed by atoms with E-state index in [2.05, 4.69) is 6.58 Å². The molecule has 1 amide bonds. The zero-order chi connectivity index (χ0) is 6.43. The number of fused-ring (bicyclic) bond motifs is 1. The molecule has 1 fully saturated rings. The van der Waals surface area contributed by atoms with Crippen LogP contribution < -0.4 is 0 Å². The predicted molar refractivity (Wildman–Crippen MR) is 36.5 cm³/mol. The number of nitrogens with zero attached hydrogens (tertiary/aromatic N) is 1. The molecule has 0 bridgehead atoms. The van der Waals surface area contributed by atoms with Crippen molar-refractivity contribution in [3.05, 3.63) is 23.8 Å². The first-order valence-corrected chi connectivity index (χ1v) is 3.58. The zero-order valence-electron chi connectivity index (χ0n) is 4.70. The molecule has 0 aliphatic carbocycles. The fourth-order valence-electron chi connectivity index (χ4n) is 0.948. The van der Waals surface area contributed by atoms with Crippen LogP contribution in [0.1, 0.15) is 0 Å². The number of β-lactam (4-membered cyclic amide) rings is 1. The molecule has 0 radical (unpaired) electrons. The molecule has 2 nitrogen and oxygen atoms in total. The van der Waals surface area contributed by atoms with Crippen LogP contribution in [0.4, 0.5) is 0 Å². The summed E-state index contributed by atoms with van der Waals surface area (Å²) in [7, 11) is 0. The first kappa shape index (κ1) is 5.11. The van der Waals surface area contributed by atoms with Crippen molar-refractivity contribution in [1.29, 1.82) is 0 Å². The maximum Gasteiger partial charge on any atom is 0.257 e. The highest BCUT2D eigenvalue weighted by atomic mass is 32.2. The van der Waals surface area contributed by atoms with Gasteiger partial charge in [-0.2, -0.15) is 0 Å². The Balaban J connectivity index is 2.31. The highest BCUT2D eigenvalue weighted by molar-refractivity contribution is 8.03. The van der Waals surface area contributed by atoms with E-state index in [4.69, 9.17) is 0 Å². The molecular formula is C6H5NOS. The molecule has 0 aromatic heterocycles. The molecule has 46 valence electrons. The minimum Gasteiger partial charge on any atom is -0.298 e. The number of carbonyl (C=O) groups is 1. The lowest BCUT2D eigenvalue weighted by atomic mass is 10.1. The quantitative estimate of drug-likeness (QED) is 0.367. The lowest BCUT2D eigenvalue weighted by Crippen LogP contribution is -2.46. The summed E-state index contributed by atoms with van der Waals surface area (Å²) in [6.45, 7) is 3.63. The van der Waals surface area contributed by atoms with E-state index in [1.54, 1.807) is 22.9 Å². The molecule has 3 heteroatoms. The Morgan fingerprint density at radius 1 is 1.78 bits per heavy atom. The third-order valence-electron chi connectivity index (χ3n) is 1.49. The maximum atomic E-state index is 10.8. The molecular weight excluding hydrogens is 134 g/mol. The maximum absolute atomic E-state index is 10.8. The van der Waals surface area contributed by atoms with E-state index in [-0.39, 0.29) is 11.3 Å². The van der Waals surface area contributed by atoms with Crippen molar-refractivity contribution in [2.24, 2.45) is 0 Å². The van der Waals surface area contributed by atoms with Crippen LogP contribution in [0.15, 0.2) is 23.8 Å². The molecule has 2 aliphatic heterocycles.